The predicted molar refractivity (Wildman–Crippen MR) is 72.9 cm³/mol. The number of hydrogen-bond donors (Lipinski definition) is 4. The van der Waals surface area contributed by atoms with Crippen molar-refractivity contribution in [3.63, 3.8) is 0 Å². The molecule has 1 aromatic heterocycles. The standard InChI is InChI=1S/C9H7N.C5H10O5/c1-2-6-9-8(4-1)5-3-7-10-9;6-1-3(8)5(10)4(9)2-7/h1-7H;1,3-5,7-10H,2H2. The molecule has 0 fully saturated rings. The molecule has 0 bridgehead atoms. The number of aromatic nitrogens is 1. The van der Waals surface area contributed by atoms with E-state index in [0.29, 0.717) is 0 Å². The monoisotopic (exact) mass is 279 g/mol. The van der Waals surface area contributed by atoms with Crippen molar-refractivity contribution >= 4 is 17.2 Å². The van der Waals surface area contributed by atoms with Gasteiger partial charge in [-0.1, -0.05) is 24.3 Å². The van der Waals surface area contributed by atoms with Crippen molar-refractivity contribution in [1.29, 1.82) is 0 Å². The molecule has 4 N–H and O–H groups in total. The lowest BCUT2D eigenvalue weighted by Gasteiger charge is -2.16. The number of benzene rings is 1. The fourth-order valence-electron chi connectivity index (χ4n) is 1.43. The lowest BCUT2D eigenvalue weighted by atomic mass is 10.1. The first kappa shape index (κ1) is 16.2. The number of nitrogens with zero attached hydrogens (tertiary/aromatic N) is 1. The van der Waals surface area contributed by atoms with Gasteiger partial charge in [0.2, 0.25) is 0 Å². The topological polar surface area (TPSA) is 111 Å². The van der Waals surface area contributed by atoms with Gasteiger partial charge < -0.3 is 25.2 Å². The van der Waals surface area contributed by atoms with Crippen LogP contribution < -0.4 is 0 Å². The van der Waals surface area contributed by atoms with Crippen LogP contribution in [0.4, 0.5) is 0 Å². The summed E-state index contributed by atoms with van der Waals surface area (Å²) in [7, 11) is 0. The summed E-state index contributed by atoms with van der Waals surface area (Å²) >= 11 is 0. The number of hydrogen-bond acceptors (Lipinski definition) is 6. The van der Waals surface area contributed by atoms with E-state index < -0.39 is 24.9 Å². The second-order valence-corrected chi connectivity index (χ2v) is 4.06. The summed E-state index contributed by atoms with van der Waals surface area (Å²) < 4.78 is 0. The Bertz CT molecular complexity index is 468. The Balaban J connectivity index is 0.000000200. The molecular formula is C14H17NO5. The molecule has 20 heavy (non-hydrogen) atoms. The molecule has 1 aromatic carbocycles. The summed E-state index contributed by atoms with van der Waals surface area (Å²) in [5.41, 5.74) is 1.06. The molecule has 108 valence electrons. The van der Waals surface area contributed by atoms with Crippen molar-refractivity contribution in [2.75, 3.05) is 6.61 Å². The van der Waals surface area contributed by atoms with Crippen LogP contribution in [0.15, 0.2) is 42.6 Å². The van der Waals surface area contributed by atoms with Crippen LogP contribution in [-0.4, -0.2) is 56.6 Å². The van der Waals surface area contributed by atoms with E-state index in [9.17, 15) is 4.79 Å². The zero-order valence-corrected chi connectivity index (χ0v) is 10.7. The highest BCUT2D eigenvalue weighted by Crippen LogP contribution is 2.07. The first-order valence-electron chi connectivity index (χ1n) is 6.00. The molecular weight excluding hydrogens is 262 g/mol. The Morgan fingerprint density at radius 3 is 2.35 bits per heavy atom. The van der Waals surface area contributed by atoms with Crippen LogP contribution in [0.3, 0.4) is 0 Å². The number of para-hydroxylation sites is 1. The molecule has 0 aliphatic rings. The van der Waals surface area contributed by atoms with Crippen LogP contribution >= 0.6 is 0 Å². The average molecular weight is 279 g/mol. The van der Waals surface area contributed by atoms with E-state index in [4.69, 9.17) is 20.4 Å². The molecule has 1 heterocycles. The molecule has 6 heteroatoms. The molecule has 0 spiro atoms. The van der Waals surface area contributed by atoms with Gasteiger partial charge in [-0.15, -0.1) is 0 Å². The lowest BCUT2D eigenvalue weighted by molar-refractivity contribution is -0.127. The lowest BCUT2D eigenvalue weighted by Crippen LogP contribution is -2.40. The highest BCUT2D eigenvalue weighted by Gasteiger charge is 2.22. The molecule has 2 rings (SSSR count). The van der Waals surface area contributed by atoms with Gasteiger partial charge in [0.1, 0.15) is 18.3 Å². The van der Waals surface area contributed by atoms with Gasteiger partial charge in [0, 0.05) is 11.6 Å². The number of carbonyl (C=O) groups excluding carboxylic acids is 1. The van der Waals surface area contributed by atoms with Crippen LogP contribution in [0.5, 0.6) is 0 Å². The molecule has 0 amide bonds. The Morgan fingerprint density at radius 1 is 1.10 bits per heavy atom. The van der Waals surface area contributed by atoms with Crippen LogP contribution in [0, 0.1) is 0 Å². The van der Waals surface area contributed by atoms with Gasteiger partial charge in [0.15, 0.2) is 6.29 Å². The summed E-state index contributed by atoms with van der Waals surface area (Å²) in [4.78, 5) is 13.9. The molecule has 0 saturated heterocycles. The predicted octanol–water partition coefficient (Wildman–Crippen LogP) is -0.505. The van der Waals surface area contributed by atoms with Crippen LogP contribution in [-0.2, 0) is 4.79 Å². The van der Waals surface area contributed by atoms with Crippen LogP contribution in [0.1, 0.15) is 0 Å². The minimum absolute atomic E-state index is 0.0869. The molecule has 3 unspecified atom stereocenters. The van der Waals surface area contributed by atoms with E-state index in [1.165, 1.54) is 5.39 Å². The maximum atomic E-state index is 9.76. The van der Waals surface area contributed by atoms with Crippen molar-refractivity contribution in [3.8, 4) is 0 Å². The van der Waals surface area contributed by atoms with Crippen LogP contribution in [0.2, 0.25) is 0 Å². The number of carbonyl (C=O) groups is 1. The normalized spacial score (nSPS) is 14.8. The minimum atomic E-state index is -1.64. The summed E-state index contributed by atoms with van der Waals surface area (Å²) in [5.74, 6) is 0. The molecule has 3 atom stereocenters. The Labute approximate surface area is 116 Å². The summed E-state index contributed by atoms with van der Waals surface area (Å²) in [6, 6.07) is 12.1. The Kier molecular flexibility index (Phi) is 6.75. The Morgan fingerprint density at radius 2 is 1.75 bits per heavy atom. The largest absolute Gasteiger partial charge is 0.394 e. The van der Waals surface area contributed by atoms with Gasteiger partial charge in [-0.05, 0) is 12.1 Å². The highest BCUT2D eigenvalue weighted by molar-refractivity contribution is 5.77. The minimum Gasteiger partial charge on any atom is -0.394 e. The smallest absolute Gasteiger partial charge is 0.151 e. The fraction of sp³-hybridized carbons (Fsp3) is 0.286. The molecule has 0 aliphatic carbocycles. The summed E-state index contributed by atoms with van der Waals surface area (Å²) in [5, 5.41) is 35.3. The van der Waals surface area contributed by atoms with Crippen molar-refractivity contribution < 1.29 is 25.2 Å². The molecule has 0 radical (unpaired) electrons. The molecule has 0 aliphatic heterocycles. The first-order valence-corrected chi connectivity index (χ1v) is 6.00. The summed E-state index contributed by atoms with van der Waals surface area (Å²) in [6.07, 6.45) is -2.82. The van der Waals surface area contributed by atoms with E-state index in [2.05, 4.69) is 17.1 Å². The van der Waals surface area contributed by atoms with Crippen LogP contribution in [0.25, 0.3) is 10.9 Å². The third-order valence-electron chi connectivity index (χ3n) is 2.58. The highest BCUT2D eigenvalue weighted by atomic mass is 16.4. The number of fused-ring (bicyclic) bond motifs is 1. The van der Waals surface area contributed by atoms with E-state index >= 15 is 0 Å². The first-order chi connectivity index (χ1) is 9.60. The SMILES string of the molecule is O=CC(O)C(O)C(O)CO.c1ccc2ncccc2c1. The van der Waals surface area contributed by atoms with Gasteiger partial charge in [-0.3, -0.25) is 4.98 Å². The quantitative estimate of drug-likeness (QED) is 0.561. The van der Waals surface area contributed by atoms with Crippen molar-refractivity contribution in [3.05, 3.63) is 42.6 Å². The fourth-order valence-corrected chi connectivity index (χ4v) is 1.43. The number of pyridine rings is 1. The van der Waals surface area contributed by atoms with E-state index in [1.807, 2.05) is 30.5 Å². The van der Waals surface area contributed by atoms with E-state index in [0.717, 1.165) is 5.52 Å². The zero-order chi connectivity index (χ0) is 15.0. The van der Waals surface area contributed by atoms with Crippen molar-refractivity contribution in [2.24, 2.45) is 0 Å². The van der Waals surface area contributed by atoms with Gasteiger partial charge >= 0.3 is 0 Å². The van der Waals surface area contributed by atoms with Gasteiger partial charge in [-0.2, -0.15) is 0 Å². The number of aliphatic hydroxyl groups is 4. The van der Waals surface area contributed by atoms with E-state index in [-0.39, 0.29) is 6.29 Å². The van der Waals surface area contributed by atoms with Gasteiger partial charge in [0.25, 0.3) is 0 Å². The maximum absolute atomic E-state index is 9.76. The molecule has 0 saturated carbocycles. The van der Waals surface area contributed by atoms with Crippen molar-refractivity contribution in [2.45, 2.75) is 18.3 Å². The van der Waals surface area contributed by atoms with Gasteiger partial charge in [-0.25, -0.2) is 0 Å². The van der Waals surface area contributed by atoms with Gasteiger partial charge in [0.05, 0.1) is 12.1 Å². The average Bonchev–Trinajstić information content (AvgIpc) is 2.53. The number of aliphatic hydroxyl groups excluding tert-OH is 4. The third-order valence-corrected chi connectivity index (χ3v) is 2.58. The second-order valence-electron chi connectivity index (χ2n) is 4.06. The Hall–Kier alpha value is -1.86. The molecule has 2 aromatic rings. The van der Waals surface area contributed by atoms with Crippen molar-refractivity contribution in [1.82, 2.24) is 4.98 Å². The number of aldehydes is 1. The second kappa shape index (κ2) is 8.34. The number of rotatable bonds is 4. The third kappa shape index (κ3) is 4.67. The molecule has 6 nitrogen and oxygen atoms in total. The maximum Gasteiger partial charge on any atom is 0.151 e. The zero-order valence-electron chi connectivity index (χ0n) is 10.7. The summed E-state index contributed by atoms with van der Waals surface area (Å²) in [6.45, 7) is -0.688. The van der Waals surface area contributed by atoms with E-state index in [1.54, 1.807) is 0 Å².